The molecule has 12 heteroatoms. The monoisotopic (exact) mass is 696 g/mol. The van der Waals surface area contributed by atoms with Crippen LogP contribution in [0.15, 0.2) is 138 Å². The predicted octanol–water partition coefficient (Wildman–Crippen LogP) is 8.78. The standard InChI is InChI=1S/C36H26Cl2N4O5S/c37-29-20-17-27(22-30(29)38)40-36(45)33(23-9-3-1-4-10-23)48-28-18-15-26(16-19-28)39-35(44)31(41-34(43)24-11-5-2-6-12-24)21-25-13-7-8-14-32(25)42(46)47/h1-22,33H,(H,39,44)(H,40,45)(H,41,43)/b31-21-. The third kappa shape index (κ3) is 8.89. The van der Waals surface area contributed by atoms with Crippen molar-refractivity contribution < 1.29 is 19.3 Å². The van der Waals surface area contributed by atoms with Crippen molar-refractivity contribution in [2.75, 3.05) is 10.6 Å². The van der Waals surface area contributed by atoms with Crippen molar-refractivity contribution in [3.63, 3.8) is 0 Å². The molecule has 0 aliphatic heterocycles. The molecule has 9 nitrogen and oxygen atoms in total. The Morgan fingerprint density at radius 1 is 0.729 bits per heavy atom. The number of carbonyl (C=O) groups excluding carboxylic acids is 3. The fourth-order valence-corrected chi connectivity index (χ4v) is 5.83. The van der Waals surface area contributed by atoms with Gasteiger partial charge >= 0.3 is 0 Å². The molecule has 0 aliphatic rings. The highest BCUT2D eigenvalue weighted by atomic mass is 35.5. The number of nitrogens with one attached hydrogen (secondary N) is 3. The first-order chi connectivity index (χ1) is 23.2. The average Bonchev–Trinajstić information content (AvgIpc) is 3.10. The Bertz CT molecular complexity index is 1990. The second kappa shape index (κ2) is 15.9. The topological polar surface area (TPSA) is 130 Å². The Morgan fingerprint density at radius 2 is 1.35 bits per heavy atom. The van der Waals surface area contributed by atoms with Gasteiger partial charge in [-0.25, -0.2) is 0 Å². The SMILES string of the molecule is O=C(Nc1ccc(SC(C(=O)Nc2ccc(Cl)c(Cl)c2)c2ccccc2)cc1)/C(=C/c1ccccc1[N+](=O)[O-])NC(=O)c1ccccc1. The van der Waals surface area contributed by atoms with Crippen LogP contribution in [0.4, 0.5) is 17.1 Å². The summed E-state index contributed by atoms with van der Waals surface area (Å²) in [7, 11) is 0. The molecule has 0 aliphatic carbocycles. The molecule has 0 bridgehead atoms. The lowest BCUT2D eigenvalue weighted by molar-refractivity contribution is -0.385. The molecular formula is C36H26Cl2N4O5S. The minimum absolute atomic E-state index is 0.138. The molecule has 0 aromatic heterocycles. The molecule has 0 saturated carbocycles. The van der Waals surface area contributed by atoms with Gasteiger partial charge in [-0.05, 0) is 72.3 Å². The molecule has 0 fully saturated rings. The Morgan fingerprint density at radius 3 is 2.02 bits per heavy atom. The number of nitro groups is 1. The Hall–Kier alpha value is -5.42. The molecular weight excluding hydrogens is 671 g/mol. The van der Waals surface area contributed by atoms with Gasteiger partial charge in [0.05, 0.1) is 20.5 Å². The molecule has 5 aromatic rings. The van der Waals surface area contributed by atoms with Gasteiger partial charge < -0.3 is 16.0 Å². The van der Waals surface area contributed by atoms with Crippen LogP contribution in [-0.2, 0) is 9.59 Å². The lowest BCUT2D eigenvalue weighted by Gasteiger charge is -2.18. The van der Waals surface area contributed by atoms with E-state index in [9.17, 15) is 24.5 Å². The van der Waals surface area contributed by atoms with Crippen molar-refractivity contribution in [2.24, 2.45) is 0 Å². The van der Waals surface area contributed by atoms with Gasteiger partial charge in [0.15, 0.2) is 0 Å². The fraction of sp³-hybridized carbons (Fsp3) is 0.0278. The molecule has 240 valence electrons. The van der Waals surface area contributed by atoms with Crippen molar-refractivity contribution in [1.82, 2.24) is 5.32 Å². The zero-order chi connectivity index (χ0) is 34.0. The van der Waals surface area contributed by atoms with Gasteiger partial charge in [0, 0.05) is 27.9 Å². The van der Waals surface area contributed by atoms with E-state index in [1.165, 1.54) is 36.0 Å². The van der Waals surface area contributed by atoms with E-state index < -0.39 is 22.0 Å². The summed E-state index contributed by atoms with van der Waals surface area (Å²) in [4.78, 5) is 51.7. The van der Waals surface area contributed by atoms with Crippen LogP contribution < -0.4 is 16.0 Å². The van der Waals surface area contributed by atoms with Crippen LogP contribution in [-0.4, -0.2) is 22.6 Å². The van der Waals surface area contributed by atoms with Gasteiger partial charge in [0.25, 0.3) is 17.5 Å². The third-order valence-corrected chi connectivity index (χ3v) is 8.86. The molecule has 0 spiro atoms. The minimum Gasteiger partial charge on any atom is -0.325 e. The third-order valence-electron chi connectivity index (χ3n) is 6.86. The molecule has 0 saturated heterocycles. The van der Waals surface area contributed by atoms with Gasteiger partial charge in [-0.2, -0.15) is 0 Å². The van der Waals surface area contributed by atoms with Crippen molar-refractivity contribution in [1.29, 1.82) is 0 Å². The van der Waals surface area contributed by atoms with E-state index in [0.29, 0.717) is 27.0 Å². The quantitative estimate of drug-likeness (QED) is 0.0548. The van der Waals surface area contributed by atoms with Crippen molar-refractivity contribution in [3.05, 3.63) is 170 Å². The molecule has 3 amide bonds. The lowest BCUT2D eigenvalue weighted by atomic mass is 10.1. The van der Waals surface area contributed by atoms with E-state index in [2.05, 4.69) is 16.0 Å². The maximum atomic E-state index is 13.5. The Labute approximate surface area is 290 Å². The molecule has 48 heavy (non-hydrogen) atoms. The smallest absolute Gasteiger partial charge is 0.276 e. The maximum absolute atomic E-state index is 13.5. The average molecular weight is 698 g/mol. The summed E-state index contributed by atoms with van der Waals surface area (Å²) in [5.74, 6) is -1.53. The van der Waals surface area contributed by atoms with Crippen LogP contribution in [0.2, 0.25) is 10.0 Å². The fourth-order valence-electron chi connectivity index (χ4n) is 4.51. The van der Waals surface area contributed by atoms with E-state index in [1.54, 1.807) is 78.9 Å². The van der Waals surface area contributed by atoms with Gasteiger partial charge in [-0.15, -0.1) is 11.8 Å². The molecule has 0 heterocycles. The number of para-hydroxylation sites is 1. The number of nitro benzene ring substituents is 1. The number of halogens is 2. The number of benzene rings is 5. The van der Waals surface area contributed by atoms with Gasteiger partial charge in [-0.3, -0.25) is 24.5 Å². The van der Waals surface area contributed by atoms with Gasteiger partial charge in [-0.1, -0.05) is 83.9 Å². The van der Waals surface area contributed by atoms with Gasteiger partial charge in [0.2, 0.25) is 5.91 Å². The van der Waals surface area contributed by atoms with E-state index in [1.807, 2.05) is 30.3 Å². The first-order valence-corrected chi connectivity index (χ1v) is 16.0. The summed E-state index contributed by atoms with van der Waals surface area (Å²) < 4.78 is 0. The van der Waals surface area contributed by atoms with Crippen molar-refractivity contribution >= 4 is 75.8 Å². The summed E-state index contributed by atoms with van der Waals surface area (Å²) >= 11 is 13.5. The summed E-state index contributed by atoms with van der Waals surface area (Å²) in [6.45, 7) is 0. The second-order valence-electron chi connectivity index (χ2n) is 10.2. The number of nitrogens with zero attached hydrogens (tertiary/aromatic N) is 1. The molecule has 0 radical (unpaired) electrons. The van der Waals surface area contributed by atoms with Crippen LogP contribution in [0, 0.1) is 10.1 Å². The molecule has 3 N–H and O–H groups in total. The number of anilines is 2. The summed E-state index contributed by atoms with van der Waals surface area (Å²) in [5, 5.41) is 19.9. The zero-order valence-electron chi connectivity index (χ0n) is 24.9. The Balaban J connectivity index is 1.36. The number of hydrogen-bond acceptors (Lipinski definition) is 6. The highest BCUT2D eigenvalue weighted by Crippen LogP contribution is 2.37. The number of thioether (sulfide) groups is 1. The normalized spacial score (nSPS) is 11.7. The highest BCUT2D eigenvalue weighted by molar-refractivity contribution is 8.00. The van der Waals surface area contributed by atoms with Crippen LogP contribution in [0.5, 0.6) is 0 Å². The highest BCUT2D eigenvalue weighted by Gasteiger charge is 2.23. The first-order valence-electron chi connectivity index (χ1n) is 14.4. The van der Waals surface area contributed by atoms with E-state index in [4.69, 9.17) is 23.2 Å². The number of rotatable bonds is 11. The van der Waals surface area contributed by atoms with Crippen molar-refractivity contribution in [2.45, 2.75) is 10.1 Å². The van der Waals surface area contributed by atoms with Crippen LogP contribution in [0.3, 0.4) is 0 Å². The van der Waals surface area contributed by atoms with Crippen LogP contribution in [0.1, 0.15) is 26.7 Å². The number of amides is 3. The number of carbonyl (C=O) groups is 3. The van der Waals surface area contributed by atoms with E-state index in [-0.39, 0.29) is 22.9 Å². The minimum atomic E-state index is -0.694. The van der Waals surface area contributed by atoms with Crippen LogP contribution >= 0.6 is 35.0 Å². The molecule has 5 aromatic carbocycles. The zero-order valence-corrected chi connectivity index (χ0v) is 27.3. The number of hydrogen-bond donors (Lipinski definition) is 3. The van der Waals surface area contributed by atoms with E-state index >= 15 is 0 Å². The first kappa shape index (κ1) is 33.9. The lowest BCUT2D eigenvalue weighted by Crippen LogP contribution is -2.30. The molecule has 1 atom stereocenters. The molecule has 5 rings (SSSR count). The second-order valence-corrected chi connectivity index (χ2v) is 12.2. The van der Waals surface area contributed by atoms with Crippen molar-refractivity contribution in [3.8, 4) is 0 Å². The summed E-state index contributed by atoms with van der Waals surface area (Å²) in [6.07, 6.45) is 1.26. The maximum Gasteiger partial charge on any atom is 0.276 e. The van der Waals surface area contributed by atoms with E-state index in [0.717, 1.165) is 10.5 Å². The summed E-state index contributed by atoms with van der Waals surface area (Å²) in [6, 6.07) is 35.1. The Kier molecular flexibility index (Phi) is 11.3. The van der Waals surface area contributed by atoms with Gasteiger partial charge in [0.1, 0.15) is 10.9 Å². The van der Waals surface area contributed by atoms with Crippen LogP contribution in [0.25, 0.3) is 6.08 Å². The largest absolute Gasteiger partial charge is 0.325 e. The predicted molar refractivity (Wildman–Crippen MR) is 190 cm³/mol. The summed E-state index contributed by atoms with van der Waals surface area (Å²) in [5.41, 5.74) is 1.68. The molecule has 1 unspecified atom stereocenters.